The third kappa shape index (κ3) is 12.8. The molecule has 0 atom stereocenters. The first-order valence-corrected chi connectivity index (χ1v) is 8.93. The van der Waals surface area contributed by atoms with Crippen LogP contribution in [0.5, 0.6) is 5.75 Å². The summed E-state index contributed by atoms with van der Waals surface area (Å²) in [6.07, 6.45) is 0.801. The van der Waals surface area contributed by atoms with Crippen molar-refractivity contribution in [2.45, 2.75) is 6.92 Å². The summed E-state index contributed by atoms with van der Waals surface area (Å²) >= 11 is 0. The molecule has 0 bridgehead atoms. The van der Waals surface area contributed by atoms with Crippen molar-refractivity contribution < 1.29 is 33.2 Å². The zero-order valence-corrected chi connectivity index (χ0v) is 15.5. The minimum absolute atomic E-state index is 0.451. The molecule has 1 rings (SSSR count). The SMILES string of the molecule is CCOCCOCCOCCOCCOCCOc1ccc(C=O)cc1. The summed E-state index contributed by atoms with van der Waals surface area (Å²) in [6.45, 7) is 8.03. The average Bonchev–Trinajstić information content (AvgIpc) is 2.68. The molecule has 7 heteroatoms. The minimum Gasteiger partial charge on any atom is -0.491 e. The van der Waals surface area contributed by atoms with Crippen LogP contribution in [-0.2, 0) is 23.7 Å². The van der Waals surface area contributed by atoms with E-state index in [-0.39, 0.29) is 0 Å². The summed E-state index contributed by atoms with van der Waals surface area (Å²) in [4.78, 5) is 10.5. The number of hydrogen-bond acceptors (Lipinski definition) is 7. The summed E-state index contributed by atoms with van der Waals surface area (Å²) in [6, 6.07) is 6.95. The van der Waals surface area contributed by atoms with E-state index in [1.54, 1.807) is 24.3 Å². The van der Waals surface area contributed by atoms with E-state index in [2.05, 4.69) is 0 Å². The van der Waals surface area contributed by atoms with Crippen LogP contribution in [0.15, 0.2) is 24.3 Å². The lowest BCUT2D eigenvalue weighted by molar-refractivity contribution is -0.0119. The quantitative estimate of drug-likeness (QED) is 0.289. The van der Waals surface area contributed by atoms with Gasteiger partial charge in [-0.25, -0.2) is 0 Å². The van der Waals surface area contributed by atoms with Crippen molar-refractivity contribution in [2.75, 3.05) is 72.7 Å². The van der Waals surface area contributed by atoms with Crippen LogP contribution in [-0.4, -0.2) is 79.0 Å². The highest BCUT2D eigenvalue weighted by molar-refractivity contribution is 5.74. The molecular formula is C19H30O7. The number of hydrogen-bond donors (Lipinski definition) is 0. The van der Waals surface area contributed by atoms with Gasteiger partial charge in [0.05, 0.1) is 59.5 Å². The van der Waals surface area contributed by atoms with Crippen molar-refractivity contribution >= 4 is 6.29 Å². The van der Waals surface area contributed by atoms with Gasteiger partial charge in [-0.05, 0) is 31.2 Å². The Morgan fingerprint density at radius 3 is 1.50 bits per heavy atom. The summed E-state index contributed by atoms with van der Waals surface area (Å²) in [5.74, 6) is 0.717. The Morgan fingerprint density at radius 1 is 0.654 bits per heavy atom. The van der Waals surface area contributed by atoms with Gasteiger partial charge < -0.3 is 28.4 Å². The molecule has 0 saturated carbocycles. The summed E-state index contributed by atoms with van der Waals surface area (Å²) in [7, 11) is 0. The minimum atomic E-state index is 0.451. The van der Waals surface area contributed by atoms with Crippen molar-refractivity contribution in [3.05, 3.63) is 29.8 Å². The second-order valence-electron chi connectivity index (χ2n) is 5.18. The number of aldehydes is 1. The number of carbonyl (C=O) groups is 1. The highest BCUT2D eigenvalue weighted by Gasteiger charge is 1.96. The van der Waals surface area contributed by atoms with E-state index in [4.69, 9.17) is 28.4 Å². The highest BCUT2D eigenvalue weighted by atomic mass is 16.6. The van der Waals surface area contributed by atoms with E-state index in [9.17, 15) is 4.79 Å². The largest absolute Gasteiger partial charge is 0.491 e. The Morgan fingerprint density at radius 2 is 1.08 bits per heavy atom. The lowest BCUT2D eigenvalue weighted by atomic mass is 10.2. The number of ether oxygens (including phenoxy) is 6. The molecule has 0 fully saturated rings. The van der Waals surface area contributed by atoms with E-state index in [1.807, 2.05) is 6.92 Å². The van der Waals surface area contributed by atoms with Gasteiger partial charge in [0.25, 0.3) is 0 Å². The standard InChI is InChI=1S/C19H30O7/c1-2-21-7-8-22-9-10-23-11-12-24-13-14-25-15-16-26-19-5-3-18(17-20)4-6-19/h3-6,17H,2,7-16H2,1H3. The van der Waals surface area contributed by atoms with Crippen molar-refractivity contribution in [3.63, 3.8) is 0 Å². The van der Waals surface area contributed by atoms with E-state index in [0.29, 0.717) is 78.2 Å². The Labute approximate surface area is 155 Å². The predicted molar refractivity (Wildman–Crippen MR) is 97.1 cm³/mol. The Kier molecular flexibility index (Phi) is 14.7. The third-order valence-electron chi connectivity index (χ3n) is 3.20. The van der Waals surface area contributed by atoms with Gasteiger partial charge in [-0.3, -0.25) is 4.79 Å². The maximum atomic E-state index is 10.5. The lowest BCUT2D eigenvalue weighted by Gasteiger charge is -2.08. The molecule has 0 aromatic heterocycles. The molecule has 0 saturated heterocycles. The van der Waals surface area contributed by atoms with Crippen LogP contribution in [0.2, 0.25) is 0 Å². The van der Waals surface area contributed by atoms with Crippen LogP contribution in [0, 0.1) is 0 Å². The predicted octanol–water partition coefficient (Wildman–Crippen LogP) is 1.98. The maximum Gasteiger partial charge on any atom is 0.150 e. The zero-order chi connectivity index (χ0) is 18.7. The third-order valence-corrected chi connectivity index (χ3v) is 3.20. The van der Waals surface area contributed by atoms with Gasteiger partial charge in [0, 0.05) is 12.2 Å². The lowest BCUT2D eigenvalue weighted by Crippen LogP contribution is -2.14. The Hall–Kier alpha value is -1.51. The number of benzene rings is 1. The molecule has 26 heavy (non-hydrogen) atoms. The van der Waals surface area contributed by atoms with Crippen molar-refractivity contribution in [2.24, 2.45) is 0 Å². The highest BCUT2D eigenvalue weighted by Crippen LogP contribution is 2.10. The molecule has 7 nitrogen and oxygen atoms in total. The van der Waals surface area contributed by atoms with E-state index >= 15 is 0 Å². The molecule has 0 aliphatic rings. The Balaban J connectivity index is 1.77. The molecule has 0 aliphatic heterocycles. The molecule has 0 N–H and O–H groups in total. The van der Waals surface area contributed by atoms with Gasteiger partial charge in [0.2, 0.25) is 0 Å². The fourth-order valence-electron chi connectivity index (χ4n) is 1.89. The monoisotopic (exact) mass is 370 g/mol. The molecule has 1 aromatic rings. The van der Waals surface area contributed by atoms with Crippen molar-refractivity contribution in [3.8, 4) is 5.75 Å². The molecule has 0 amide bonds. The molecule has 0 heterocycles. The number of carbonyl (C=O) groups excluding carboxylic acids is 1. The average molecular weight is 370 g/mol. The number of rotatable bonds is 18. The van der Waals surface area contributed by atoms with Crippen molar-refractivity contribution in [1.29, 1.82) is 0 Å². The van der Waals surface area contributed by atoms with E-state index < -0.39 is 0 Å². The van der Waals surface area contributed by atoms with Crippen LogP contribution in [0.25, 0.3) is 0 Å². The van der Waals surface area contributed by atoms with Gasteiger partial charge in [-0.2, -0.15) is 0 Å². The first-order chi connectivity index (χ1) is 12.9. The van der Waals surface area contributed by atoms with Gasteiger partial charge in [-0.15, -0.1) is 0 Å². The molecule has 0 aliphatic carbocycles. The molecule has 148 valence electrons. The maximum absolute atomic E-state index is 10.5. The first-order valence-electron chi connectivity index (χ1n) is 8.93. The molecular weight excluding hydrogens is 340 g/mol. The second-order valence-corrected chi connectivity index (χ2v) is 5.18. The van der Waals surface area contributed by atoms with Crippen LogP contribution in [0.4, 0.5) is 0 Å². The fraction of sp³-hybridized carbons (Fsp3) is 0.632. The Bertz CT molecular complexity index is 436. The topological polar surface area (TPSA) is 72.5 Å². The normalized spacial score (nSPS) is 10.8. The van der Waals surface area contributed by atoms with E-state index in [1.165, 1.54) is 0 Å². The van der Waals surface area contributed by atoms with Crippen LogP contribution in [0.1, 0.15) is 17.3 Å². The summed E-state index contributed by atoms with van der Waals surface area (Å²) in [5, 5.41) is 0. The zero-order valence-electron chi connectivity index (χ0n) is 15.5. The molecule has 0 unspecified atom stereocenters. The van der Waals surface area contributed by atoms with Crippen LogP contribution in [0.3, 0.4) is 0 Å². The van der Waals surface area contributed by atoms with Gasteiger partial charge >= 0.3 is 0 Å². The molecule has 0 radical (unpaired) electrons. The first kappa shape index (κ1) is 22.5. The van der Waals surface area contributed by atoms with Gasteiger partial charge in [0.15, 0.2) is 0 Å². The van der Waals surface area contributed by atoms with Crippen LogP contribution >= 0.6 is 0 Å². The molecule has 1 aromatic carbocycles. The molecule has 0 spiro atoms. The second kappa shape index (κ2) is 16.9. The van der Waals surface area contributed by atoms with Crippen molar-refractivity contribution in [1.82, 2.24) is 0 Å². The smallest absolute Gasteiger partial charge is 0.150 e. The van der Waals surface area contributed by atoms with Gasteiger partial charge in [-0.1, -0.05) is 0 Å². The summed E-state index contributed by atoms with van der Waals surface area (Å²) < 4.78 is 32.2. The van der Waals surface area contributed by atoms with E-state index in [0.717, 1.165) is 12.0 Å². The van der Waals surface area contributed by atoms with Crippen LogP contribution < -0.4 is 4.74 Å². The fourth-order valence-corrected chi connectivity index (χ4v) is 1.89. The van der Waals surface area contributed by atoms with Gasteiger partial charge in [0.1, 0.15) is 18.6 Å². The summed E-state index contributed by atoms with van der Waals surface area (Å²) in [5.41, 5.74) is 0.629.